The van der Waals surface area contributed by atoms with Crippen molar-refractivity contribution in [2.24, 2.45) is 0 Å². The molecule has 3 rings (SSSR count). The van der Waals surface area contributed by atoms with Gasteiger partial charge in [0, 0.05) is 35.7 Å². The lowest BCUT2D eigenvalue weighted by Crippen LogP contribution is -2.32. The molecule has 1 fully saturated rings. The normalized spacial score (nSPS) is 14.3. The first-order valence-electron chi connectivity index (χ1n) is 8.86. The van der Waals surface area contributed by atoms with Gasteiger partial charge in [0.15, 0.2) is 0 Å². The number of nitrogens with zero attached hydrogens (tertiary/aromatic N) is 3. The Bertz CT molecular complexity index is 791. The summed E-state index contributed by atoms with van der Waals surface area (Å²) in [6.45, 7) is 4.25. The van der Waals surface area contributed by atoms with E-state index in [1.807, 2.05) is 13.0 Å². The molecule has 1 aliphatic rings. The minimum Gasteiger partial charge on any atom is -0.356 e. The summed E-state index contributed by atoms with van der Waals surface area (Å²) in [5, 5.41) is 4.12. The fourth-order valence-corrected chi connectivity index (χ4v) is 3.58. The van der Waals surface area contributed by atoms with E-state index in [0.717, 1.165) is 37.3 Å². The minimum absolute atomic E-state index is 0.196. The second kappa shape index (κ2) is 8.69. The standard InChI is InChI=1S/C19H22Cl2N4O/c1-13-23-17(12-18(24-13)25-9-3-2-4-10-25)19(26)22-8-7-14-5-6-15(20)11-16(14)21/h5-6,11-12H,2-4,7-10H2,1H3,(H,22,26). The van der Waals surface area contributed by atoms with Gasteiger partial charge in [-0.3, -0.25) is 4.79 Å². The number of halogens is 2. The Morgan fingerprint density at radius 1 is 1.15 bits per heavy atom. The van der Waals surface area contributed by atoms with Crippen molar-refractivity contribution in [3.05, 3.63) is 51.4 Å². The first-order valence-corrected chi connectivity index (χ1v) is 9.61. The predicted molar refractivity (Wildman–Crippen MR) is 105 cm³/mol. The van der Waals surface area contributed by atoms with Crippen LogP contribution in [0.5, 0.6) is 0 Å². The molecule has 26 heavy (non-hydrogen) atoms. The molecule has 1 N–H and O–H groups in total. The average molecular weight is 393 g/mol. The highest BCUT2D eigenvalue weighted by atomic mass is 35.5. The number of benzene rings is 1. The number of hydrogen-bond donors (Lipinski definition) is 1. The lowest BCUT2D eigenvalue weighted by molar-refractivity contribution is 0.0948. The van der Waals surface area contributed by atoms with Gasteiger partial charge >= 0.3 is 0 Å². The van der Waals surface area contributed by atoms with Crippen LogP contribution in [-0.4, -0.2) is 35.5 Å². The Balaban J connectivity index is 1.63. The topological polar surface area (TPSA) is 58.1 Å². The molecule has 1 aliphatic heterocycles. The molecule has 5 nitrogen and oxygen atoms in total. The zero-order valence-electron chi connectivity index (χ0n) is 14.8. The molecule has 138 valence electrons. The summed E-state index contributed by atoms with van der Waals surface area (Å²) < 4.78 is 0. The van der Waals surface area contributed by atoms with E-state index in [0.29, 0.717) is 34.5 Å². The van der Waals surface area contributed by atoms with Crippen molar-refractivity contribution in [2.75, 3.05) is 24.5 Å². The molecular formula is C19H22Cl2N4O. The van der Waals surface area contributed by atoms with Crippen LogP contribution in [0.15, 0.2) is 24.3 Å². The third-order valence-electron chi connectivity index (χ3n) is 4.43. The highest BCUT2D eigenvalue weighted by Crippen LogP contribution is 2.21. The van der Waals surface area contributed by atoms with Gasteiger partial charge < -0.3 is 10.2 Å². The third kappa shape index (κ3) is 4.86. The molecule has 1 aromatic heterocycles. The van der Waals surface area contributed by atoms with Gasteiger partial charge in [-0.15, -0.1) is 0 Å². The van der Waals surface area contributed by atoms with Crippen LogP contribution in [0.1, 0.15) is 41.1 Å². The summed E-state index contributed by atoms with van der Waals surface area (Å²) in [5.74, 6) is 1.25. The smallest absolute Gasteiger partial charge is 0.270 e. The van der Waals surface area contributed by atoms with Gasteiger partial charge in [0.25, 0.3) is 5.91 Å². The SMILES string of the molecule is Cc1nc(C(=O)NCCc2ccc(Cl)cc2Cl)cc(N2CCCCC2)n1. The zero-order chi connectivity index (χ0) is 18.5. The second-order valence-electron chi connectivity index (χ2n) is 6.45. The predicted octanol–water partition coefficient (Wildman–Crippen LogP) is 4.05. The highest BCUT2D eigenvalue weighted by molar-refractivity contribution is 6.35. The van der Waals surface area contributed by atoms with Crippen LogP contribution in [0.4, 0.5) is 5.82 Å². The van der Waals surface area contributed by atoms with Crippen LogP contribution < -0.4 is 10.2 Å². The highest BCUT2D eigenvalue weighted by Gasteiger charge is 2.16. The van der Waals surface area contributed by atoms with Crippen LogP contribution in [0.3, 0.4) is 0 Å². The Labute approximate surface area is 163 Å². The number of rotatable bonds is 5. The maximum absolute atomic E-state index is 12.5. The quantitative estimate of drug-likeness (QED) is 0.833. The van der Waals surface area contributed by atoms with E-state index >= 15 is 0 Å². The molecule has 1 aromatic carbocycles. The molecule has 7 heteroatoms. The minimum atomic E-state index is -0.196. The third-order valence-corrected chi connectivity index (χ3v) is 5.02. The number of amides is 1. The monoisotopic (exact) mass is 392 g/mol. The van der Waals surface area contributed by atoms with E-state index in [9.17, 15) is 4.79 Å². The van der Waals surface area contributed by atoms with Crippen molar-refractivity contribution >= 4 is 34.9 Å². The number of carbonyl (C=O) groups is 1. The fourth-order valence-electron chi connectivity index (χ4n) is 3.08. The molecule has 0 radical (unpaired) electrons. The lowest BCUT2D eigenvalue weighted by Gasteiger charge is -2.28. The number of piperidine rings is 1. The molecule has 1 amide bonds. The van der Waals surface area contributed by atoms with Gasteiger partial charge in [0.2, 0.25) is 0 Å². The van der Waals surface area contributed by atoms with Crippen LogP contribution in [-0.2, 0) is 6.42 Å². The van der Waals surface area contributed by atoms with E-state index in [1.165, 1.54) is 6.42 Å². The van der Waals surface area contributed by atoms with Gasteiger partial charge in [-0.05, 0) is 50.3 Å². The van der Waals surface area contributed by atoms with Crippen LogP contribution in [0.25, 0.3) is 0 Å². The Morgan fingerprint density at radius 3 is 2.65 bits per heavy atom. The van der Waals surface area contributed by atoms with Gasteiger partial charge in [0.1, 0.15) is 17.3 Å². The summed E-state index contributed by atoms with van der Waals surface area (Å²) in [6, 6.07) is 7.16. The Kier molecular flexibility index (Phi) is 6.33. The molecule has 0 bridgehead atoms. The van der Waals surface area contributed by atoms with Crippen molar-refractivity contribution < 1.29 is 4.79 Å². The number of carbonyl (C=O) groups excluding carboxylic acids is 1. The van der Waals surface area contributed by atoms with Crippen LogP contribution in [0, 0.1) is 6.92 Å². The number of hydrogen-bond acceptors (Lipinski definition) is 4. The summed E-state index contributed by atoms with van der Waals surface area (Å²) in [7, 11) is 0. The van der Waals surface area contributed by atoms with E-state index in [1.54, 1.807) is 18.2 Å². The van der Waals surface area contributed by atoms with Crippen molar-refractivity contribution in [2.45, 2.75) is 32.6 Å². The van der Waals surface area contributed by atoms with Gasteiger partial charge in [-0.2, -0.15) is 0 Å². The Hall–Kier alpha value is -1.85. The average Bonchev–Trinajstić information content (AvgIpc) is 2.63. The summed E-state index contributed by atoms with van der Waals surface area (Å²) in [6.07, 6.45) is 4.20. The first-order chi connectivity index (χ1) is 12.5. The summed E-state index contributed by atoms with van der Waals surface area (Å²) in [4.78, 5) is 23.5. The van der Waals surface area contributed by atoms with Crippen molar-refractivity contribution in [1.29, 1.82) is 0 Å². The van der Waals surface area contributed by atoms with Gasteiger partial charge in [0.05, 0.1) is 0 Å². The zero-order valence-corrected chi connectivity index (χ0v) is 16.3. The molecule has 1 saturated heterocycles. The van der Waals surface area contributed by atoms with Crippen LogP contribution >= 0.6 is 23.2 Å². The number of aromatic nitrogens is 2. The summed E-state index contributed by atoms with van der Waals surface area (Å²) in [5.41, 5.74) is 1.35. The van der Waals surface area contributed by atoms with Gasteiger partial charge in [-0.25, -0.2) is 9.97 Å². The van der Waals surface area contributed by atoms with Crippen molar-refractivity contribution in [3.8, 4) is 0 Å². The van der Waals surface area contributed by atoms with E-state index in [4.69, 9.17) is 23.2 Å². The van der Waals surface area contributed by atoms with E-state index in [2.05, 4.69) is 20.2 Å². The molecular weight excluding hydrogens is 371 g/mol. The van der Waals surface area contributed by atoms with Crippen molar-refractivity contribution in [1.82, 2.24) is 15.3 Å². The number of anilines is 1. The molecule has 0 unspecified atom stereocenters. The molecule has 0 atom stereocenters. The molecule has 0 saturated carbocycles. The fraction of sp³-hybridized carbons (Fsp3) is 0.421. The second-order valence-corrected chi connectivity index (χ2v) is 7.29. The largest absolute Gasteiger partial charge is 0.356 e. The first kappa shape index (κ1) is 18.9. The number of nitrogens with one attached hydrogen (secondary N) is 1. The van der Waals surface area contributed by atoms with Crippen LogP contribution in [0.2, 0.25) is 10.0 Å². The van der Waals surface area contributed by atoms with E-state index < -0.39 is 0 Å². The van der Waals surface area contributed by atoms with E-state index in [-0.39, 0.29) is 5.91 Å². The number of aryl methyl sites for hydroxylation is 1. The Morgan fingerprint density at radius 2 is 1.92 bits per heavy atom. The molecule has 2 heterocycles. The summed E-state index contributed by atoms with van der Waals surface area (Å²) >= 11 is 12.1. The lowest BCUT2D eigenvalue weighted by atomic mass is 10.1. The molecule has 0 spiro atoms. The maximum atomic E-state index is 12.5. The molecule has 2 aromatic rings. The maximum Gasteiger partial charge on any atom is 0.270 e. The molecule has 0 aliphatic carbocycles. The van der Waals surface area contributed by atoms with Gasteiger partial charge in [-0.1, -0.05) is 29.3 Å². The van der Waals surface area contributed by atoms with Crippen molar-refractivity contribution in [3.63, 3.8) is 0 Å².